The lowest BCUT2D eigenvalue weighted by Gasteiger charge is -2.23. The highest BCUT2D eigenvalue weighted by atomic mass is 16.5. The van der Waals surface area contributed by atoms with Gasteiger partial charge < -0.3 is 9.42 Å². The Hall–Kier alpha value is -2.43. The molecule has 0 aliphatic carbocycles. The van der Waals surface area contributed by atoms with Gasteiger partial charge in [-0.15, -0.1) is 0 Å². The van der Waals surface area contributed by atoms with Crippen molar-refractivity contribution in [1.29, 1.82) is 0 Å². The lowest BCUT2D eigenvalue weighted by atomic mass is 10.0. The van der Waals surface area contributed by atoms with Gasteiger partial charge in [0.2, 0.25) is 0 Å². The molecule has 0 saturated carbocycles. The SMILES string of the molecule is O=C(C[C@H]1CCCN1C(=O)c1ccon1)c1ccccc1. The van der Waals surface area contributed by atoms with Crippen molar-refractivity contribution in [2.75, 3.05) is 6.54 Å². The van der Waals surface area contributed by atoms with Crippen molar-refractivity contribution in [3.8, 4) is 0 Å². The van der Waals surface area contributed by atoms with Crippen LogP contribution in [-0.4, -0.2) is 34.3 Å². The zero-order valence-electron chi connectivity index (χ0n) is 11.6. The molecule has 0 N–H and O–H groups in total. The van der Waals surface area contributed by atoms with E-state index >= 15 is 0 Å². The molecule has 1 aromatic carbocycles. The monoisotopic (exact) mass is 284 g/mol. The fraction of sp³-hybridized carbons (Fsp3) is 0.312. The molecule has 5 heteroatoms. The van der Waals surface area contributed by atoms with Gasteiger partial charge in [-0.3, -0.25) is 9.59 Å². The minimum Gasteiger partial charge on any atom is -0.364 e. The summed E-state index contributed by atoms with van der Waals surface area (Å²) in [5.74, 6) is -0.0902. The molecule has 108 valence electrons. The molecule has 5 nitrogen and oxygen atoms in total. The largest absolute Gasteiger partial charge is 0.364 e. The van der Waals surface area contributed by atoms with E-state index in [2.05, 4.69) is 5.16 Å². The predicted octanol–water partition coefficient (Wildman–Crippen LogP) is 2.55. The summed E-state index contributed by atoms with van der Waals surface area (Å²) < 4.78 is 4.72. The van der Waals surface area contributed by atoms with Gasteiger partial charge in [-0.1, -0.05) is 35.5 Å². The quantitative estimate of drug-likeness (QED) is 0.809. The first-order chi connectivity index (χ1) is 10.3. The van der Waals surface area contributed by atoms with Gasteiger partial charge in [-0.25, -0.2) is 0 Å². The highest BCUT2D eigenvalue weighted by Crippen LogP contribution is 2.23. The maximum absolute atomic E-state index is 12.3. The Balaban J connectivity index is 1.70. The van der Waals surface area contributed by atoms with Crippen molar-refractivity contribution >= 4 is 11.7 Å². The van der Waals surface area contributed by atoms with Crippen LogP contribution in [0.4, 0.5) is 0 Å². The van der Waals surface area contributed by atoms with Gasteiger partial charge in [0, 0.05) is 30.6 Å². The van der Waals surface area contributed by atoms with E-state index in [-0.39, 0.29) is 17.7 Å². The second kappa shape index (κ2) is 5.91. The van der Waals surface area contributed by atoms with Crippen molar-refractivity contribution < 1.29 is 14.1 Å². The molecule has 1 fully saturated rings. The highest BCUT2D eigenvalue weighted by Gasteiger charge is 2.32. The molecule has 1 aromatic heterocycles. The van der Waals surface area contributed by atoms with Crippen LogP contribution in [0.25, 0.3) is 0 Å². The van der Waals surface area contributed by atoms with Crippen molar-refractivity contribution in [2.24, 2.45) is 0 Å². The topological polar surface area (TPSA) is 63.4 Å². The van der Waals surface area contributed by atoms with Gasteiger partial charge in [0.25, 0.3) is 5.91 Å². The van der Waals surface area contributed by atoms with Gasteiger partial charge >= 0.3 is 0 Å². The molecule has 2 heterocycles. The lowest BCUT2D eigenvalue weighted by Crippen LogP contribution is -2.37. The molecule has 2 aromatic rings. The average Bonchev–Trinajstić information content (AvgIpc) is 3.19. The summed E-state index contributed by atoms with van der Waals surface area (Å²) >= 11 is 0. The Labute approximate surface area is 122 Å². The Bertz CT molecular complexity index is 622. The number of hydrogen-bond acceptors (Lipinski definition) is 4. The minimum atomic E-state index is -0.160. The summed E-state index contributed by atoms with van der Waals surface area (Å²) in [7, 11) is 0. The van der Waals surface area contributed by atoms with E-state index in [4.69, 9.17) is 4.52 Å². The molecule has 1 amide bonds. The van der Waals surface area contributed by atoms with Crippen molar-refractivity contribution in [1.82, 2.24) is 10.1 Å². The first kappa shape index (κ1) is 13.5. The van der Waals surface area contributed by atoms with Gasteiger partial charge in [0.15, 0.2) is 11.5 Å². The van der Waals surface area contributed by atoms with Crippen LogP contribution in [0, 0.1) is 0 Å². The molecule has 0 unspecified atom stereocenters. The average molecular weight is 284 g/mol. The van der Waals surface area contributed by atoms with E-state index in [9.17, 15) is 9.59 Å². The molecular formula is C16H16N2O3. The molecule has 1 atom stereocenters. The third-order valence-corrected chi connectivity index (χ3v) is 3.81. The first-order valence-electron chi connectivity index (χ1n) is 7.05. The summed E-state index contributed by atoms with van der Waals surface area (Å²) in [5.41, 5.74) is 0.993. The fourth-order valence-electron chi connectivity index (χ4n) is 2.74. The molecule has 1 aliphatic heterocycles. The predicted molar refractivity (Wildman–Crippen MR) is 76.0 cm³/mol. The Morgan fingerprint density at radius 1 is 1.24 bits per heavy atom. The number of nitrogens with zero attached hydrogens (tertiary/aromatic N) is 2. The van der Waals surface area contributed by atoms with E-state index in [0.29, 0.717) is 24.2 Å². The number of ketones is 1. The second-order valence-electron chi connectivity index (χ2n) is 5.17. The maximum atomic E-state index is 12.3. The van der Waals surface area contributed by atoms with Crippen LogP contribution in [0.15, 0.2) is 47.2 Å². The molecule has 0 bridgehead atoms. The number of benzene rings is 1. The lowest BCUT2D eigenvalue weighted by molar-refractivity contribution is 0.0707. The third-order valence-electron chi connectivity index (χ3n) is 3.81. The molecular weight excluding hydrogens is 268 g/mol. The molecule has 0 spiro atoms. The van der Waals surface area contributed by atoms with E-state index in [1.54, 1.807) is 23.1 Å². The second-order valence-corrected chi connectivity index (χ2v) is 5.17. The summed E-state index contributed by atoms with van der Waals surface area (Å²) in [6, 6.07) is 10.7. The highest BCUT2D eigenvalue weighted by molar-refractivity contribution is 5.97. The smallest absolute Gasteiger partial charge is 0.276 e. The standard InChI is InChI=1S/C16H16N2O3/c19-15(12-5-2-1-3-6-12)11-13-7-4-9-18(13)16(20)14-8-10-21-17-14/h1-3,5-6,8,10,13H,4,7,9,11H2/t13-/m1/s1. The number of rotatable bonds is 4. The third kappa shape index (κ3) is 2.86. The summed E-state index contributed by atoms with van der Waals surface area (Å²) in [5, 5.41) is 3.68. The van der Waals surface area contributed by atoms with Gasteiger partial charge in [-0.05, 0) is 12.8 Å². The number of likely N-dealkylation sites (tertiary alicyclic amines) is 1. The van der Waals surface area contributed by atoms with Gasteiger partial charge in [0.05, 0.1) is 0 Å². The number of Topliss-reactive ketones (excluding diaryl/α,β-unsaturated/α-hetero) is 1. The van der Waals surface area contributed by atoms with Crippen LogP contribution in [-0.2, 0) is 0 Å². The zero-order chi connectivity index (χ0) is 14.7. The van der Waals surface area contributed by atoms with Crippen molar-refractivity contribution in [3.05, 3.63) is 53.9 Å². The number of hydrogen-bond donors (Lipinski definition) is 0. The van der Waals surface area contributed by atoms with Gasteiger partial charge in [-0.2, -0.15) is 0 Å². The normalized spacial score (nSPS) is 17.9. The number of aromatic nitrogens is 1. The Morgan fingerprint density at radius 2 is 2.05 bits per heavy atom. The Kier molecular flexibility index (Phi) is 3.81. The fourth-order valence-corrected chi connectivity index (χ4v) is 2.74. The molecule has 1 aliphatic rings. The molecule has 21 heavy (non-hydrogen) atoms. The van der Waals surface area contributed by atoms with Crippen molar-refractivity contribution in [3.63, 3.8) is 0 Å². The number of carbonyl (C=O) groups is 2. The number of amides is 1. The Morgan fingerprint density at radius 3 is 2.76 bits per heavy atom. The van der Waals surface area contributed by atoms with E-state index in [0.717, 1.165) is 12.8 Å². The van der Waals surface area contributed by atoms with E-state index < -0.39 is 0 Å². The van der Waals surface area contributed by atoms with Crippen LogP contribution in [0.3, 0.4) is 0 Å². The number of carbonyl (C=O) groups excluding carboxylic acids is 2. The van der Waals surface area contributed by atoms with Crippen LogP contribution < -0.4 is 0 Å². The van der Waals surface area contributed by atoms with Crippen LogP contribution in [0.1, 0.15) is 40.1 Å². The van der Waals surface area contributed by atoms with Crippen LogP contribution in [0.2, 0.25) is 0 Å². The molecule has 0 radical (unpaired) electrons. The van der Waals surface area contributed by atoms with E-state index in [1.165, 1.54) is 6.26 Å². The minimum absolute atomic E-state index is 0.0538. The van der Waals surface area contributed by atoms with Crippen LogP contribution in [0.5, 0.6) is 0 Å². The zero-order valence-corrected chi connectivity index (χ0v) is 11.6. The van der Waals surface area contributed by atoms with E-state index in [1.807, 2.05) is 18.2 Å². The maximum Gasteiger partial charge on any atom is 0.276 e. The van der Waals surface area contributed by atoms with Crippen LogP contribution >= 0.6 is 0 Å². The first-order valence-corrected chi connectivity index (χ1v) is 7.05. The molecule has 3 rings (SSSR count). The van der Waals surface area contributed by atoms with Crippen molar-refractivity contribution in [2.45, 2.75) is 25.3 Å². The summed E-state index contributed by atoms with van der Waals surface area (Å²) in [6.07, 6.45) is 3.50. The summed E-state index contributed by atoms with van der Waals surface area (Å²) in [4.78, 5) is 26.3. The molecule has 1 saturated heterocycles. The summed E-state index contributed by atoms with van der Waals surface area (Å²) in [6.45, 7) is 0.665. The van der Waals surface area contributed by atoms with Gasteiger partial charge in [0.1, 0.15) is 6.26 Å².